The number of nitrogens with zero attached hydrogens (tertiary/aromatic N) is 1. The molecule has 0 saturated carbocycles. The Morgan fingerprint density at radius 1 is 1.04 bits per heavy atom. The Morgan fingerprint density at radius 3 is 2.14 bits per heavy atom. The van der Waals surface area contributed by atoms with E-state index in [4.69, 9.17) is 0 Å². The van der Waals surface area contributed by atoms with Gasteiger partial charge in [0.05, 0.1) is 10.4 Å². The molecule has 1 aromatic heterocycles. The largest absolute Gasteiger partial charge is 0.477 e. The minimum absolute atomic E-state index is 0.0925. The standard InChI is InChI=1S/C21H24N2O4S/c1-21(2,3)16-8-6-7-15-17(19(20(24)25)22-18(15)16)13-9-11-14(12-10-13)28(26,27)23(4)5/h6-12,22H,1-5H3,(H,24,25). The van der Waals surface area contributed by atoms with Crippen molar-refractivity contribution in [3.63, 3.8) is 0 Å². The Labute approximate surface area is 164 Å². The molecule has 0 atom stereocenters. The number of fused-ring (bicyclic) bond motifs is 1. The van der Waals surface area contributed by atoms with Crippen molar-refractivity contribution in [2.24, 2.45) is 0 Å². The minimum atomic E-state index is -3.55. The Balaban J connectivity index is 2.26. The first-order chi connectivity index (χ1) is 12.9. The third kappa shape index (κ3) is 3.31. The van der Waals surface area contributed by atoms with E-state index in [1.165, 1.54) is 26.2 Å². The van der Waals surface area contributed by atoms with E-state index in [-0.39, 0.29) is 16.0 Å². The lowest BCUT2D eigenvalue weighted by Gasteiger charge is -2.19. The van der Waals surface area contributed by atoms with Crippen LogP contribution >= 0.6 is 0 Å². The summed E-state index contributed by atoms with van der Waals surface area (Å²) in [6.45, 7) is 6.22. The molecule has 0 fully saturated rings. The van der Waals surface area contributed by atoms with Crippen LogP contribution in [0.1, 0.15) is 36.8 Å². The van der Waals surface area contributed by atoms with E-state index >= 15 is 0 Å². The highest BCUT2D eigenvalue weighted by Crippen LogP contribution is 2.37. The molecular formula is C21H24N2O4S. The van der Waals surface area contributed by atoms with Crippen LogP contribution in [-0.4, -0.2) is 42.9 Å². The number of rotatable bonds is 4. The van der Waals surface area contributed by atoms with Crippen molar-refractivity contribution in [3.05, 3.63) is 53.7 Å². The van der Waals surface area contributed by atoms with E-state index in [0.29, 0.717) is 11.1 Å². The molecule has 2 N–H and O–H groups in total. The number of sulfonamides is 1. The maximum absolute atomic E-state index is 12.3. The number of hydrogen-bond donors (Lipinski definition) is 2. The van der Waals surface area contributed by atoms with Gasteiger partial charge in [-0.2, -0.15) is 0 Å². The average molecular weight is 401 g/mol. The van der Waals surface area contributed by atoms with E-state index < -0.39 is 16.0 Å². The van der Waals surface area contributed by atoms with Crippen LogP contribution in [0, 0.1) is 0 Å². The van der Waals surface area contributed by atoms with Crippen molar-refractivity contribution in [1.29, 1.82) is 0 Å². The molecule has 0 aliphatic rings. The van der Waals surface area contributed by atoms with Crippen LogP contribution in [0.4, 0.5) is 0 Å². The van der Waals surface area contributed by atoms with E-state index in [1.807, 2.05) is 18.2 Å². The van der Waals surface area contributed by atoms with Gasteiger partial charge in [-0.15, -0.1) is 0 Å². The number of aromatic amines is 1. The molecule has 0 saturated heterocycles. The smallest absolute Gasteiger partial charge is 0.352 e. The summed E-state index contributed by atoms with van der Waals surface area (Å²) in [4.78, 5) is 15.1. The third-order valence-corrected chi connectivity index (χ3v) is 6.61. The van der Waals surface area contributed by atoms with Crippen molar-refractivity contribution in [2.45, 2.75) is 31.1 Å². The van der Waals surface area contributed by atoms with Gasteiger partial charge in [0.2, 0.25) is 10.0 Å². The second-order valence-electron chi connectivity index (χ2n) is 7.97. The summed E-state index contributed by atoms with van der Waals surface area (Å²) in [5.41, 5.74) is 2.93. The van der Waals surface area contributed by atoms with Gasteiger partial charge in [-0.25, -0.2) is 17.5 Å². The molecule has 0 amide bonds. The van der Waals surface area contributed by atoms with Crippen LogP contribution in [0.2, 0.25) is 0 Å². The lowest BCUT2D eigenvalue weighted by atomic mass is 9.85. The molecule has 0 aliphatic carbocycles. The fourth-order valence-electron chi connectivity index (χ4n) is 3.31. The summed E-state index contributed by atoms with van der Waals surface area (Å²) in [7, 11) is -0.605. The summed E-state index contributed by atoms with van der Waals surface area (Å²) in [5.74, 6) is -1.06. The number of carboxylic acids is 1. The van der Waals surface area contributed by atoms with Crippen LogP contribution < -0.4 is 0 Å². The van der Waals surface area contributed by atoms with Crippen LogP contribution in [0.15, 0.2) is 47.4 Å². The second-order valence-corrected chi connectivity index (χ2v) is 10.1. The average Bonchev–Trinajstić information content (AvgIpc) is 3.00. The molecule has 0 unspecified atom stereocenters. The molecule has 3 rings (SSSR count). The Bertz CT molecular complexity index is 1150. The highest BCUT2D eigenvalue weighted by Gasteiger charge is 2.24. The van der Waals surface area contributed by atoms with E-state index in [1.54, 1.807) is 12.1 Å². The number of benzene rings is 2. The fourth-order valence-corrected chi connectivity index (χ4v) is 4.21. The molecule has 0 radical (unpaired) electrons. The first kappa shape index (κ1) is 20.1. The van der Waals surface area contributed by atoms with Crippen LogP contribution in [0.25, 0.3) is 22.0 Å². The van der Waals surface area contributed by atoms with Crippen LogP contribution in [0.3, 0.4) is 0 Å². The van der Waals surface area contributed by atoms with Gasteiger partial charge >= 0.3 is 5.97 Å². The third-order valence-electron chi connectivity index (χ3n) is 4.78. The Hall–Kier alpha value is -2.64. The van der Waals surface area contributed by atoms with Gasteiger partial charge in [0.15, 0.2) is 0 Å². The maximum Gasteiger partial charge on any atom is 0.352 e. The number of nitrogens with one attached hydrogen (secondary N) is 1. The molecule has 28 heavy (non-hydrogen) atoms. The van der Waals surface area contributed by atoms with Crippen molar-refractivity contribution in [1.82, 2.24) is 9.29 Å². The summed E-state index contributed by atoms with van der Waals surface area (Å²) >= 11 is 0. The topological polar surface area (TPSA) is 90.5 Å². The Morgan fingerprint density at radius 2 is 1.64 bits per heavy atom. The zero-order chi connectivity index (χ0) is 20.9. The van der Waals surface area contributed by atoms with Crippen molar-refractivity contribution >= 4 is 26.9 Å². The first-order valence-corrected chi connectivity index (χ1v) is 10.3. The number of H-pyrrole nitrogens is 1. The molecule has 2 aromatic carbocycles. The number of para-hydroxylation sites is 1. The van der Waals surface area contributed by atoms with Gasteiger partial charge in [-0.3, -0.25) is 0 Å². The molecule has 6 nitrogen and oxygen atoms in total. The lowest BCUT2D eigenvalue weighted by Crippen LogP contribution is -2.22. The van der Waals surface area contributed by atoms with E-state index in [9.17, 15) is 18.3 Å². The highest BCUT2D eigenvalue weighted by atomic mass is 32.2. The monoisotopic (exact) mass is 400 g/mol. The van der Waals surface area contributed by atoms with Gasteiger partial charge in [0.1, 0.15) is 5.69 Å². The predicted octanol–water partition coefficient (Wildman–Crippen LogP) is 4.08. The SMILES string of the molecule is CN(C)S(=O)(=O)c1ccc(-c2c(C(=O)O)[nH]c3c(C(C)(C)C)cccc23)cc1. The van der Waals surface area contributed by atoms with Gasteiger partial charge in [-0.1, -0.05) is 51.1 Å². The van der Waals surface area contributed by atoms with E-state index in [0.717, 1.165) is 20.8 Å². The highest BCUT2D eigenvalue weighted by molar-refractivity contribution is 7.89. The Kier molecular flexibility index (Phi) is 4.85. The van der Waals surface area contributed by atoms with Gasteiger partial charge < -0.3 is 10.1 Å². The molecule has 7 heteroatoms. The van der Waals surface area contributed by atoms with Crippen molar-refractivity contribution in [3.8, 4) is 11.1 Å². The van der Waals surface area contributed by atoms with Crippen LogP contribution in [-0.2, 0) is 15.4 Å². The zero-order valence-corrected chi connectivity index (χ0v) is 17.4. The summed E-state index contributed by atoms with van der Waals surface area (Å²) < 4.78 is 25.7. The predicted molar refractivity (Wildman–Crippen MR) is 110 cm³/mol. The number of carbonyl (C=O) groups is 1. The quantitative estimate of drug-likeness (QED) is 0.690. The second kappa shape index (κ2) is 6.76. The number of aromatic nitrogens is 1. The number of hydrogen-bond acceptors (Lipinski definition) is 3. The van der Waals surface area contributed by atoms with Crippen LogP contribution in [0.5, 0.6) is 0 Å². The summed E-state index contributed by atoms with van der Waals surface area (Å²) in [5, 5.41) is 10.5. The number of carboxylic acid groups (broad SMARTS) is 1. The number of aromatic carboxylic acids is 1. The lowest BCUT2D eigenvalue weighted by molar-refractivity contribution is 0.0692. The molecule has 3 aromatic rings. The molecule has 0 bridgehead atoms. The molecule has 148 valence electrons. The minimum Gasteiger partial charge on any atom is -0.477 e. The van der Waals surface area contributed by atoms with Gasteiger partial charge in [-0.05, 0) is 28.7 Å². The summed E-state index contributed by atoms with van der Waals surface area (Å²) in [6.07, 6.45) is 0. The normalized spacial score (nSPS) is 12.6. The summed E-state index contributed by atoms with van der Waals surface area (Å²) in [6, 6.07) is 12.1. The molecule has 1 heterocycles. The van der Waals surface area contributed by atoms with Gasteiger partial charge in [0, 0.05) is 25.0 Å². The molecule has 0 aliphatic heterocycles. The molecule has 0 spiro atoms. The van der Waals surface area contributed by atoms with Crippen molar-refractivity contribution in [2.75, 3.05) is 14.1 Å². The van der Waals surface area contributed by atoms with Gasteiger partial charge in [0.25, 0.3) is 0 Å². The van der Waals surface area contributed by atoms with Crippen molar-refractivity contribution < 1.29 is 18.3 Å². The maximum atomic E-state index is 12.3. The zero-order valence-electron chi connectivity index (χ0n) is 16.6. The molecular weight excluding hydrogens is 376 g/mol. The van der Waals surface area contributed by atoms with E-state index in [2.05, 4.69) is 25.8 Å². The fraction of sp³-hybridized carbons (Fsp3) is 0.286. The first-order valence-electron chi connectivity index (χ1n) is 8.86.